The van der Waals surface area contributed by atoms with Crippen LogP contribution >= 0.6 is 19.4 Å². The van der Waals surface area contributed by atoms with Gasteiger partial charge in [0, 0.05) is 22.4 Å². The molecule has 0 aromatic heterocycles. The van der Waals surface area contributed by atoms with E-state index in [4.69, 9.17) is 14.5 Å². The highest BCUT2D eigenvalue weighted by molar-refractivity contribution is 7.99. The van der Waals surface area contributed by atoms with Crippen LogP contribution in [0.25, 0.3) is 0 Å². The van der Waals surface area contributed by atoms with Crippen molar-refractivity contribution in [3.8, 4) is 0 Å². The Morgan fingerprint density at radius 2 is 1.80 bits per heavy atom. The number of alkyl halides is 3. The summed E-state index contributed by atoms with van der Waals surface area (Å²) in [6.45, 7) is 1.27. The zero-order valence-corrected chi connectivity index (χ0v) is 20.9. The molecule has 5 nitrogen and oxygen atoms in total. The third kappa shape index (κ3) is 8.30. The largest absolute Gasteiger partial charge is 0.417 e. The molecule has 0 bridgehead atoms. The molecule has 0 spiro atoms. The van der Waals surface area contributed by atoms with E-state index in [0.29, 0.717) is 25.4 Å². The first-order valence-electron chi connectivity index (χ1n) is 11.4. The first-order valence-corrected chi connectivity index (χ1v) is 14.2. The van der Waals surface area contributed by atoms with Gasteiger partial charge in [-0.05, 0) is 49.3 Å². The lowest BCUT2D eigenvalue weighted by Gasteiger charge is -2.42. The molecule has 0 aliphatic carbocycles. The number of rotatable bonds is 13. The summed E-state index contributed by atoms with van der Waals surface area (Å²) < 4.78 is 71.8. The van der Waals surface area contributed by atoms with Crippen molar-refractivity contribution in [2.45, 2.75) is 48.7 Å². The Balaban J connectivity index is 1.53. The lowest BCUT2D eigenvalue weighted by Crippen LogP contribution is -2.46. The Morgan fingerprint density at radius 3 is 2.40 bits per heavy atom. The number of hydrogen-bond acceptors (Lipinski definition) is 4. The van der Waals surface area contributed by atoms with E-state index in [1.54, 1.807) is 0 Å². The predicted octanol–water partition coefficient (Wildman–Crippen LogP) is 5.73. The summed E-state index contributed by atoms with van der Waals surface area (Å²) in [6, 6.07) is 11.8. The van der Waals surface area contributed by atoms with Crippen LogP contribution in [-0.4, -0.2) is 41.5 Å². The summed E-state index contributed by atoms with van der Waals surface area (Å²) in [7, 11) is -4.14. The van der Waals surface area contributed by atoms with Crippen LogP contribution in [0.3, 0.4) is 0 Å². The zero-order valence-electron chi connectivity index (χ0n) is 19.2. The van der Waals surface area contributed by atoms with Crippen LogP contribution < -0.4 is 5.32 Å². The molecule has 11 heteroatoms. The van der Waals surface area contributed by atoms with Gasteiger partial charge in [-0.25, -0.2) is 4.39 Å². The maximum absolute atomic E-state index is 14.5. The number of hydrogen-bond donors (Lipinski definition) is 3. The second-order valence-corrected chi connectivity index (χ2v) is 11.7. The van der Waals surface area contributed by atoms with Crippen molar-refractivity contribution < 1.29 is 36.7 Å². The van der Waals surface area contributed by atoms with Gasteiger partial charge in [0.25, 0.3) is 0 Å². The summed E-state index contributed by atoms with van der Waals surface area (Å²) in [5, 5.41) is 2.74. The Bertz CT molecular complexity index is 1010. The molecule has 1 fully saturated rings. The maximum atomic E-state index is 14.5. The van der Waals surface area contributed by atoms with Crippen molar-refractivity contribution in [3.05, 3.63) is 65.0 Å². The van der Waals surface area contributed by atoms with Crippen LogP contribution in [-0.2, 0) is 27.4 Å². The molecule has 0 atom stereocenters. The SMILES string of the molecule is O=P(O)(O)CCCNCc1cc(C(F)(F)F)c(SCCCCC2(c3ccccc3)COC2)cc1F. The van der Waals surface area contributed by atoms with Crippen molar-refractivity contribution in [2.75, 3.05) is 31.7 Å². The summed E-state index contributed by atoms with van der Waals surface area (Å²) in [5.74, 6) is -0.300. The fraction of sp³-hybridized carbons (Fsp3) is 0.500. The molecule has 3 N–H and O–H groups in total. The summed E-state index contributed by atoms with van der Waals surface area (Å²) in [5.41, 5.74) is 0.178. The van der Waals surface area contributed by atoms with Gasteiger partial charge in [0.1, 0.15) is 5.82 Å². The number of benzene rings is 2. The third-order valence-corrected chi connectivity index (χ3v) is 8.06. The molecule has 0 amide bonds. The fourth-order valence-electron chi connectivity index (χ4n) is 4.05. The molecule has 194 valence electrons. The van der Waals surface area contributed by atoms with E-state index >= 15 is 0 Å². The molecular formula is C24H30F4NO4PS. The number of halogens is 4. The maximum Gasteiger partial charge on any atom is 0.417 e. The van der Waals surface area contributed by atoms with Gasteiger partial charge in [0.2, 0.25) is 0 Å². The second kappa shape index (κ2) is 12.2. The monoisotopic (exact) mass is 535 g/mol. The van der Waals surface area contributed by atoms with Crippen molar-refractivity contribution >= 4 is 19.4 Å². The average molecular weight is 536 g/mol. The standard InChI is InChI=1S/C24H30F4NO4PS/c25-21-14-22(20(24(26,27)28)13-18(21)15-29-10-6-11-34(30,31)32)35-12-5-4-9-23(16-33-17-23)19-7-2-1-3-8-19/h1-3,7-8,13-14,29H,4-6,9-12,15-17H2,(H2,30,31,32). The Labute approximate surface area is 206 Å². The molecule has 0 unspecified atom stereocenters. The molecule has 1 heterocycles. The lowest BCUT2D eigenvalue weighted by molar-refractivity contribution is -0.139. The van der Waals surface area contributed by atoms with Gasteiger partial charge in [-0.2, -0.15) is 13.2 Å². The van der Waals surface area contributed by atoms with Gasteiger partial charge >= 0.3 is 13.8 Å². The fourth-order valence-corrected chi connectivity index (χ4v) is 5.71. The molecule has 0 saturated carbocycles. The number of nitrogens with one attached hydrogen (secondary N) is 1. The highest BCUT2D eigenvalue weighted by Gasteiger charge is 2.39. The molecule has 1 aliphatic heterocycles. The van der Waals surface area contributed by atoms with E-state index < -0.39 is 25.2 Å². The van der Waals surface area contributed by atoms with Gasteiger partial charge in [0.05, 0.1) is 24.9 Å². The minimum absolute atomic E-state index is 0.0326. The first kappa shape index (κ1) is 28.2. The van der Waals surface area contributed by atoms with Crippen molar-refractivity contribution in [3.63, 3.8) is 0 Å². The van der Waals surface area contributed by atoms with Gasteiger partial charge in [-0.15, -0.1) is 11.8 Å². The van der Waals surface area contributed by atoms with Gasteiger partial charge in [-0.3, -0.25) is 4.57 Å². The zero-order chi connectivity index (χ0) is 25.5. The van der Waals surface area contributed by atoms with Crippen LogP contribution in [0.1, 0.15) is 42.4 Å². The molecule has 2 aromatic rings. The molecule has 2 aromatic carbocycles. The quantitative estimate of drug-likeness (QED) is 0.132. The van der Waals surface area contributed by atoms with E-state index in [9.17, 15) is 22.1 Å². The Hall–Kier alpha value is -1.42. The van der Waals surface area contributed by atoms with Gasteiger partial charge in [-0.1, -0.05) is 36.8 Å². The van der Waals surface area contributed by atoms with Crippen LogP contribution in [0.2, 0.25) is 0 Å². The first-order chi connectivity index (χ1) is 16.5. The molecule has 0 radical (unpaired) electrons. The van der Waals surface area contributed by atoms with Crippen molar-refractivity contribution in [1.29, 1.82) is 0 Å². The molecule has 3 rings (SSSR count). The minimum Gasteiger partial charge on any atom is -0.379 e. The Morgan fingerprint density at radius 1 is 1.09 bits per heavy atom. The average Bonchev–Trinajstić information content (AvgIpc) is 2.75. The number of ether oxygens (including phenoxy) is 1. The van der Waals surface area contributed by atoms with Crippen LogP contribution in [0.5, 0.6) is 0 Å². The summed E-state index contributed by atoms with van der Waals surface area (Å²) in [4.78, 5) is 17.5. The van der Waals surface area contributed by atoms with Gasteiger partial charge in [0.15, 0.2) is 0 Å². The molecular weight excluding hydrogens is 505 g/mol. The van der Waals surface area contributed by atoms with E-state index in [0.717, 1.165) is 36.7 Å². The highest BCUT2D eigenvalue weighted by atomic mass is 32.2. The topological polar surface area (TPSA) is 78.8 Å². The molecule has 35 heavy (non-hydrogen) atoms. The second-order valence-electron chi connectivity index (χ2n) is 8.80. The van der Waals surface area contributed by atoms with E-state index in [-0.39, 0.29) is 41.5 Å². The van der Waals surface area contributed by atoms with E-state index in [1.165, 1.54) is 5.56 Å². The predicted molar refractivity (Wildman–Crippen MR) is 128 cm³/mol. The molecule has 1 saturated heterocycles. The molecule has 1 aliphatic rings. The smallest absolute Gasteiger partial charge is 0.379 e. The Kier molecular flexibility index (Phi) is 9.82. The minimum atomic E-state index is -4.62. The number of unbranched alkanes of at least 4 members (excludes halogenated alkanes) is 1. The summed E-state index contributed by atoms with van der Waals surface area (Å²) >= 11 is 1.01. The van der Waals surface area contributed by atoms with Crippen molar-refractivity contribution in [1.82, 2.24) is 5.32 Å². The van der Waals surface area contributed by atoms with E-state index in [2.05, 4.69) is 17.4 Å². The third-order valence-electron chi connectivity index (χ3n) is 6.02. The highest BCUT2D eigenvalue weighted by Crippen LogP contribution is 2.40. The van der Waals surface area contributed by atoms with Crippen LogP contribution in [0.15, 0.2) is 47.4 Å². The van der Waals surface area contributed by atoms with Crippen LogP contribution in [0, 0.1) is 5.82 Å². The van der Waals surface area contributed by atoms with Gasteiger partial charge < -0.3 is 19.8 Å². The van der Waals surface area contributed by atoms with E-state index in [1.807, 2.05) is 18.2 Å². The van der Waals surface area contributed by atoms with Crippen molar-refractivity contribution in [2.24, 2.45) is 0 Å². The lowest BCUT2D eigenvalue weighted by atomic mass is 9.75. The summed E-state index contributed by atoms with van der Waals surface area (Å²) in [6.07, 6.45) is -2.43. The number of thioether (sulfide) groups is 1. The van der Waals surface area contributed by atoms with Crippen LogP contribution in [0.4, 0.5) is 17.6 Å². The normalized spacial score (nSPS) is 15.7.